The molecule has 0 aliphatic carbocycles. The van der Waals surface area contributed by atoms with E-state index in [0.717, 1.165) is 0 Å². The van der Waals surface area contributed by atoms with Gasteiger partial charge < -0.3 is 19.7 Å². The van der Waals surface area contributed by atoms with Crippen LogP contribution in [-0.2, 0) is 0 Å². The van der Waals surface area contributed by atoms with Crippen molar-refractivity contribution in [2.24, 2.45) is 0 Å². The molecule has 0 spiro atoms. The maximum absolute atomic E-state index is 13.1. The molecule has 3 aromatic carbocycles. The number of carbonyl (C=O) groups is 1. The quantitative estimate of drug-likeness (QED) is 0.317. The molecule has 0 atom stereocenters. The smallest absolute Gasteiger partial charge is 0.294 e. The number of non-ortho nitro benzene ring substituents is 1. The number of benzene rings is 3. The van der Waals surface area contributed by atoms with Crippen LogP contribution >= 0.6 is 0 Å². The summed E-state index contributed by atoms with van der Waals surface area (Å²) in [7, 11) is 0. The fourth-order valence-corrected chi connectivity index (χ4v) is 2.80. The molecular weight excluding hydrogens is 421 g/mol. The lowest BCUT2D eigenvalue weighted by Gasteiger charge is -2.09. The molecule has 0 aliphatic heterocycles. The van der Waals surface area contributed by atoms with Gasteiger partial charge in [-0.15, -0.1) is 0 Å². The standard InChI is InChI=1S/C22H14FN3O6/c23-14-3-1-13(2-4-14)20-12-21(32-25-20)22(28)24-15-9-16(26(29)30)11-19(10-15)31-18-7-5-17(27)6-8-18/h1-12,27H,(H,24,28). The minimum Gasteiger partial charge on any atom is -0.508 e. The second-order valence-corrected chi connectivity index (χ2v) is 6.61. The molecule has 1 aromatic heterocycles. The number of halogens is 1. The Hall–Kier alpha value is -4.73. The second-order valence-electron chi connectivity index (χ2n) is 6.61. The van der Waals surface area contributed by atoms with Crippen LogP contribution < -0.4 is 10.1 Å². The van der Waals surface area contributed by atoms with Crippen LogP contribution in [0.25, 0.3) is 11.3 Å². The monoisotopic (exact) mass is 435 g/mol. The molecule has 10 heteroatoms. The number of nitro groups is 1. The average Bonchev–Trinajstić information content (AvgIpc) is 3.26. The predicted octanol–water partition coefficient (Wildman–Crippen LogP) is 5.14. The molecule has 9 nitrogen and oxygen atoms in total. The Kier molecular flexibility index (Phi) is 5.49. The van der Waals surface area contributed by atoms with Crippen molar-refractivity contribution in [3.8, 4) is 28.5 Å². The number of nitro benzene ring substituents is 1. The topological polar surface area (TPSA) is 128 Å². The Balaban J connectivity index is 1.55. The van der Waals surface area contributed by atoms with Crippen LogP contribution in [0.3, 0.4) is 0 Å². The van der Waals surface area contributed by atoms with E-state index >= 15 is 0 Å². The van der Waals surface area contributed by atoms with E-state index in [1.165, 1.54) is 72.8 Å². The molecular formula is C22H14FN3O6. The number of aromatic hydroxyl groups is 1. The van der Waals surface area contributed by atoms with Crippen molar-refractivity contribution < 1.29 is 28.5 Å². The first-order valence-corrected chi connectivity index (χ1v) is 9.18. The number of rotatable bonds is 6. The number of nitrogens with zero attached hydrogens (tertiary/aromatic N) is 2. The summed E-state index contributed by atoms with van der Waals surface area (Å²) < 4.78 is 23.7. The van der Waals surface area contributed by atoms with Gasteiger partial charge in [0.1, 0.15) is 28.8 Å². The lowest BCUT2D eigenvalue weighted by molar-refractivity contribution is -0.384. The van der Waals surface area contributed by atoms with Crippen molar-refractivity contribution in [2.45, 2.75) is 0 Å². The van der Waals surface area contributed by atoms with Crippen LogP contribution in [0, 0.1) is 15.9 Å². The lowest BCUT2D eigenvalue weighted by Crippen LogP contribution is -2.11. The van der Waals surface area contributed by atoms with Crippen LogP contribution in [0.2, 0.25) is 0 Å². The van der Waals surface area contributed by atoms with Gasteiger partial charge in [0.15, 0.2) is 0 Å². The van der Waals surface area contributed by atoms with Gasteiger partial charge in [-0.25, -0.2) is 4.39 Å². The number of anilines is 1. The van der Waals surface area contributed by atoms with Crippen molar-refractivity contribution >= 4 is 17.3 Å². The molecule has 0 saturated carbocycles. The van der Waals surface area contributed by atoms with E-state index in [0.29, 0.717) is 17.0 Å². The van der Waals surface area contributed by atoms with Gasteiger partial charge in [0.2, 0.25) is 5.76 Å². The number of amides is 1. The van der Waals surface area contributed by atoms with Crippen molar-refractivity contribution in [1.29, 1.82) is 0 Å². The van der Waals surface area contributed by atoms with Crippen LogP contribution in [0.15, 0.2) is 77.3 Å². The Morgan fingerprint density at radius 1 is 1.03 bits per heavy atom. The Bertz CT molecular complexity index is 1290. The Morgan fingerprint density at radius 2 is 1.75 bits per heavy atom. The zero-order valence-corrected chi connectivity index (χ0v) is 16.2. The fourth-order valence-electron chi connectivity index (χ4n) is 2.80. The third-order valence-corrected chi connectivity index (χ3v) is 4.31. The Labute approximate surface area is 179 Å². The summed E-state index contributed by atoms with van der Waals surface area (Å²) in [6, 6.07) is 16.4. The van der Waals surface area contributed by atoms with E-state index in [1.54, 1.807) is 0 Å². The molecule has 4 rings (SSSR count). The molecule has 4 aromatic rings. The average molecular weight is 435 g/mol. The number of phenolic OH excluding ortho intramolecular Hbond substituents is 1. The van der Waals surface area contributed by atoms with Crippen LogP contribution in [0.1, 0.15) is 10.6 Å². The van der Waals surface area contributed by atoms with Gasteiger partial charge in [0.05, 0.1) is 16.7 Å². The summed E-state index contributed by atoms with van der Waals surface area (Å²) in [6.45, 7) is 0. The summed E-state index contributed by atoms with van der Waals surface area (Å²) in [5.74, 6) is -0.772. The first-order chi connectivity index (χ1) is 15.4. The van der Waals surface area contributed by atoms with Crippen molar-refractivity contribution in [1.82, 2.24) is 5.16 Å². The van der Waals surface area contributed by atoms with E-state index in [-0.39, 0.29) is 28.6 Å². The minimum absolute atomic E-state index is 0.0383. The molecule has 0 radical (unpaired) electrons. The van der Waals surface area contributed by atoms with Gasteiger partial charge >= 0.3 is 0 Å². The van der Waals surface area contributed by atoms with Crippen LogP contribution in [0.5, 0.6) is 17.2 Å². The molecule has 32 heavy (non-hydrogen) atoms. The summed E-state index contributed by atoms with van der Waals surface area (Å²) in [6.07, 6.45) is 0. The van der Waals surface area contributed by atoms with Gasteiger partial charge in [-0.1, -0.05) is 5.16 Å². The third-order valence-electron chi connectivity index (χ3n) is 4.31. The molecule has 0 fully saturated rings. The minimum atomic E-state index is -0.693. The molecule has 0 unspecified atom stereocenters. The zero-order valence-electron chi connectivity index (χ0n) is 16.2. The maximum atomic E-state index is 13.1. The number of ether oxygens (including phenoxy) is 1. The number of aromatic nitrogens is 1. The van der Waals surface area contributed by atoms with Gasteiger partial charge in [-0.05, 0) is 48.5 Å². The van der Waals surface area contributed by atoms with E-state index in [1.807, 2.05) is 0 Å². The van der Waals surface area contributed by atoms with Gasteiger partial charge in [0, 0.05) is 23.8 Å². The summed E-state index contributed by atoms with van der Waals surface area (Å²) in [5.41, 5.74) is 0.665. The molecule has 0 bridgehead atoms. The van der Waals surface area contributed by atoms with E-state index in [4.69, 9.17) is 9.26 Å². The lowest BCUT2D eigenvalue weighted by atomic mass is 10.1. The number of nitrogens with one attached hydrogen (secondary N) is 1. The summed E-state index contributed by atoms with van der Waals surface area (Å²) in [5, 5.41) is 26.9. The number of hydrogen-bond donors (Lipinski definition) is 2. The van der Waals surface area contributed by atoms with E-state index < -0.39 is 16.6 Å². The van der Waals surface area contributed by atoms with E-state index in [9.17, 15) is 24.4 Å². The van der Waals surface area contributed by atoms with Crippen LogP contribution in [0.4, 0.5) is 15.8 Å². The first kappa shape index (κ1) is 20.5. The number of carbonyl (C=O) groups excluding carboxylic acids is 1. The fraction of sp³-hybridized carbons (Fsp3) is 0. The van der Waals surface area contributed by atoms with Crippen molar-refractivity contribution in [3.63, 3.8) is 0 Å². The van der Waals surface area contributed by atoms with Crippen LogP contribution in [-0.4, -0.2) is 21.1 Å². The van der Waals surface area contributed by atoms with Gasteiger partial charge in [-0.2, -0.15) is 0 Å². The Morgan fingerprint density at radius 3 is 2.44 bits per heavy atom. The first-order valence-electron chi connectivity index (χ1n) is 9.18. The third kappa shape index (κ3) is 4.70. The highest BCUT2D eigenvalue weighted by Crippen LogP contribution is 2.31. The second kappa shape index (κ2) is 8.56. The van der Waals surface area contributed by atoms with E-state index in [2.05, 4.69) is 10.5 Å². The normalized spacial score (nSPS) is 10.5. The van der Waals surface area contributed by atoms with Gasteiger partial charge in [0.25, 0.3) is 11.6 Å². The SMILES string of the molecule is O=C(Nc1cc(Oc2ccc(O)cc2)cc([N+](=O)[O-])c1)c1cc(-c2ccc(F)cc2)no1. The van der Waals surface area contributed by atoms with Gasteiger partial charge in [-0.3, -0.25) is 14.9 Å². The number of phenols is 1. The zero-order chi connectivity index (χ0) is 22.7. The molecule has 2 N–H and O–H groups in total. The highest BCUT2D eigenvalue weighted by atomic mass is 19.1. The molecule has 1 amide bonds. The summed E-state index contributed by atoms with van der Waals surface area (Å²) in [4.78, 5) is 23.2. The molecule has 1 heterocycles. The maximum Gasteiger partial charge on any atom is 0.294 e. The molecule has 160 valence electrons. The summed E-state index contributed by atoms with van der Waals surface area (Å²) >= 11 is 0. The molecule has 0 aliphatic rings. The van der Waals surface area contributed by atoms with Crippen molar-refractivity contribution in [3.05, 3.63) is 94.5 Å². The molecule has 0 saturated heterocycles. The largest absolute Gasteiger partial charge is 0.508 e. The highest BCUT2D eigenvalue weighted by molar-refractivity contribution is 6.03. The van der Waals surface area contributed by atoms with Crippen molar-refractivity contribution in [2.75, 3.05) is 5.32 Å². The predicted molar refractivity (Wildman–Crippen MR) is 111 cm³/mol. The number of hydrogen-bond acceptors (Lipinski definition) is 7. The highest BCUT2D eigenvalue weighted by Gasteiger charge is 2.17.